The Morgan fingerprint density at radius 1 is 0.316 bits per heavy atom. The molecule has 3 aromatic heterocycles. The van der Waals surface area contributed by atoms with Gasteiger partial charge in [0, 0.05) is 54.8 Å². The van der Waals surface area contributed by atoms with E-state index in [1.165, 1.54) is 10.8 Å². The van der Waals surface area contributed by atoms with Crippen LogP contribution >= 0.6 is 0 Å². The normalized spacial score (nSPS) is 11.5. The highest BCUT2D eigenvalue weighted by Crippen LogP contribution is 2.41. The van der Waals surface area contributed by atoms with E-state index in [4.69, 9.17) is 0 Å². The van der Waals surface area contributed by atoms with Crippen molar-refractivity contribution < 1.29 is 0 Å². The summed E-state index contributed by atoms with van der Waals surface area (Å²) in [5.41, 5.74) is 12.1. The van der Waals surface area contributed by atoms with Gasteiger partial charge in [-0.2, -0.15) is 15.8 Å². The van der Waals surface area contributed by atoms with Gasteiger partial charge in [-0.25, -0.2) is 0 Å². The summed E-state index contributed by atoms with van der Waals surface area (Å²) in [6.45, 7) is 0. The Labute approximate surface area is 326 Å². The third-order valence-corrected chi connectivity index (χ3v) is 11.3. The zero-order chi connectivity index (χ0) is 38.2. The van der Waals surface area contributed by atoms with Crippen LogP contribution in [-0.4, -0.2) is 13.7 Å². The van der Waals surface area contributed by atoms with Crippen LogP contribution in [0.15, 0.2) is 170 Å². The van der Waals surface area contributed by atoms with Crippen molar-refractivity contribution in [2.24, 2.45) is 0 Å². The van der Waals surface area contributed by atoms with Crippen molar-refractivity contribution in [3.05, 3.63) is 187 Å². The molecule has 6 nitrogen and oxygen atoms in total. The SMILES string of the molecule is N#Cc1ccc(-n2c3ccccc3c3cc(-n4c5ccccc5c5ccccc54)ccc32)c(-c2ccc(-n3c4ccccc4c4cc(C#N)ccc43)cc2C#N)c1. The Balaban J connectivity index is 1.13. The molecule has 0 amide bonds. The number of para-hydroxylation sites is 4. The van der Waals surface area contributed by atoms with Gasteiger partial charge < -0.3 is 13.7 Å². The van der Waals surface area contributed by atoms with Gasteiger partial charge in [0.15, 0.2) is 0 Å². The van der Waals surface area contributed by atoms with Crippen LogP contribution in [0.5, 0.6) is 0 Å². The van der Waals surface area contributed by atoms with Crippen LogP contribution in [-0.2, 0) is 0 Å². The van der Waals surface area contributed by atoms with Crippen LogP contribution in [0.25, 0.3) is 93.6 Å². The maximum atomic E-state index is 10.8. The molecular formula is C51H28N6. The minimum absolute atomic E-state index is 0.484. The molecule has 11 aromatic rings. The Morgan fingerprint density at radius 2 is 0.754 bits per heavy atom. The third kappa shape index (κ3) is 4.68. The molecule has 0 aliphatic carbocycles. The van der Waals surface area contributed by atoms with Crippen molar-refractivity contribution >= 4 is 65.4 Å². The van der Waals surface area contributed by atoms with E-state index in [0.717, 1.165) is 82.8 Å². The van der Waals surface area contributed by atoms with E-state index in [1.807, 2.05) is 66.7 Å². The number of fused-ring (bicyclic) bond motifs is 9. The summed E-state index contributed by atoms with van der Waals surface area (Å²) >= 11 is 0. The summed E-state index contributed by atoms with van der Waals surface area (Å²) in [5.74, 6) is 0. The lowest BCUT2D eigenvalue weighted by Gasteiger charge is -2.17. The second-order valence-electron chi connectivity index (χ2n) is 14.3. The summed E-state index contributed by atoms with van der Waals surface area (Å²) in [6, 6.07) is 64.7. The van der Waals surface area contributed by atoms with Gasteiger partial charge in [0.25, 0.3) is 0 Å². The number of benzene rings is 8. The van der Waals surface area contributed by atoms with E-state index in [-0.39, 0.29) is 0 Å². The maximum absolute atomic E-state index is 10.8. The highest BCUT2D eigenvalue weighted by molar-refractivity contribution is 6.13. The number of rotatable bonds is 4. The first kappa shape index (κ1) is 32.1. The number of nitrogens with zero attached hydrogens (tertiary/aromatic N) is 6. The second-order valence-corrected chi connectivity index (χ2v) is 14.3. The van der Waals surface area contributed by atoms with Gasteiger partial charge in [-0.3, -0.25) is 0 Å². The molecule has 0 aliphatic heterocycles. The van der Waals surface area contributed by atoms with Crippen molar-refractivity contribution in [3.8, 4) is 46.4 Å². The van der Waals surface area contributed by atoms with Crippen molar-refractivity contribution in [3.63, 3.8) is 0 Å². The largest absolute Gasteiger partial charge is 0.309 e. The van der Waals surface area contributed by atoms with E-state index in [9.17, 15) is 15.8 Å². The number of aromatic nitrogens is 3. The lowest BCUT2D eigenvalue weighted by Crippen LogP contribution is -2.01. The van der Waals surface area contributed by atoms with Gasteiger partial charge >= 0.3 is 0 Å². The van der Waals surface area contributed by atoms with Crippen LogP contribution < -0.4 is 0 Å². The molecule has 57 heavy (non-hydrogen) atoms. The Bertz CT molecular complexity index is 3580. The first-order valence-corrected chi connectivity index (χ1v) is 18.7. The lowest BCUT2D eigenvalue weighted by molar-refractivity contribution is 1.16. The van der Waals surface area contributed by atoms with E-state index in [2.05, 4.69) is 135 Å². The molecule has 0 unspecified atom stereocenters. The third-order valence-electron chi connectivity index (χ3n) is 11.3. The predicted octanol–water partition coefficient (Wildman–Crippen LogP) is 12.3. The first-order valence-electron chi connectivity index (χ1n) is 18.7. The van der Waals surface area contributed by atoms with Gasteiger partial charge in [0.2, 0.25) is 0 Å². The Hall–Kier alpha value is -8.37. The van der Waals surface area contributed by atoms with Crippen LogP contribution in [0.1, 0.15) is 16.7 Å². The van der Waals surface area contributed by atoms with Crippen LogP contribution in [0, 0.1) is 34.0 Å². The molecule has 0 atom stereocenters. The fraction of sp³-hybridized carbons (Fsp3) is 0. The molecule has 0 bridgehead atoms. The van der Waals surface area contributed by atoms with Gasteiger partial charge in [0.1, 0.15) is 0 Å². The number of hydrogen-bond acceptors (Lipinski definition) is 3. The number of hydrogen-bond donors (Lipinski definition) is 0. The Morgan fingerprint density at radius 3 is 1.35 bits per heavy atom. The average Bonchev–Trinajstić information content (AvgIpc) is 3.91. The monoisotopic (exact) mass is 724 g/mol. The molecule has 8 aromatic carbocycles. The highest BCUT2D eigenvalue weighted by Gasteiger charge is 2.21. The minimum Gasteiger partial charge on any atom is -0.309 e. The number of nitriles is 3. The van der Waals surface area contributed by atoms with E-state index in [1.54, 1.807) is 0 Å². The molecule has 0 saturated carbocycles. The molecule has 0 saturated heterocycles. The van der Waals surface area contributed by atoms with Crippen molar-refractivity contribution in [2.45, 2.75) is 0 Å². The summed E-state index contributed by atoms with van der Waals surface area (Å²) in [6.07, 6.45) is 0. The topological polar surface area (TPSA) is 86.2 Å². The molecule has 6 heteroatoms. The van der Waals surface area contributed by atoms with Crippen LogP contribution in [0.4, 0.5) is 0 Å². The average molecular weight is 725 g/mol. The molecule has 0 N–H and O–H groups in total. The zero-order valence-electron chi connectivity index (χ0n) is 30.3. The Kier molecular flexibility index (Phi) is 6.95. The molecule has 0 aliphatic rings. The highest BCUT2D eigenvalue weighted by atomic mass is 15.0. The summed E-state index contributed by atoms with van der Waals surface area (Å²) in [4.78, 5) is 0. The van der Waals surface area contributed by atoms with Gasteiger partial charge in [-0.05, 0) is 91.0 Å². The minimum atomic E-state index is 0.484. The molecule has 11 rings (SSSR count). The van der Waals surface area contributed by atoms with Gasteiger partial charge in [-0.1, -0.05) is 78.9 Å². The smallest absolute Gasteiger partial charge is 0.0998 e. The molecule has 0 radical (unpaired) electrons. The zero-order valence-corrected chi connectivity index (χ0v) is 30.3. The summed E-state index contributed by atoms with van der Waals surface area (Å²) in [7, 11) is 0. The van der Waals surface area contributed by atoms with Crippen molar-refractivity contribution in [2.75, 3.05) is 0 Å². The van der Waals surface area contributed by atoms with Crippen molar-refractivity contribution in [1.29, 1.82) is 15.8 Å². The predicted molar refractivity (Wildman–Crippen MR) is 229 cm³/mol. The van der Waals surface area contributed by atoms with E-state index >= 15 is 0 Å². The molecular weight excluding hydrogens is 697 g/mol. The summed E-state index contributed by atoms with van der Waals surface area (Å²) < 4.78 is 6.74. The quantitative estimate of drug-likeness (QED) is 0.181. The lowest BCUT2D eigenvalue weighted by atomic mass is 9.96. The van der Waals surface area contributed by atoms with Crippen molar-refractivity contribution in [1.82, 2.24) is 13.7 Å². The fourth-order valence-electron chi connectivity index (χ4n) is 8.90. The van der Waals surface area contributed by atoms with Crippen LogP contribution in [0.3, 0.4) is 0 Å². The van der Waals surface area contributed by atoms with E-state index < -0.39 is 0 Å². The van der Waals surface area contributed by atoms with Gasteiger partial charge in [0.05, 0.1) is 73.7 Å². The molecule has 3 heterocycles. The van der Waals surface area contributed by atoms with E-state index in [0.29, 0.717) is 16.7 Å². The standard InChI is InChI=1S/C51H28N6/c52-29-32-18-23-50(42(25-32)37-21-19-35(27-34(37)31-54)55-47-15-7-3-11-40(47)43-26-33(30-53)17-22-49(43)55)57-48-16-8-4-12-41(48)44-28-36(20-24-51(44)57)56-45-13-5-1-9-38(45)39-10-2-6-14-46(39)56/h1-28H. The maximum Gasteiger partial charge on any atom is 0.0998 e. The molecule has 0 spiro atoms. The fourth-order valence-corrected chi connectivity index (χ4v) is 8.90. The first-order chi connectivity index (χ1) is 28.1. The van der Waals surface area contributed by atoms with Gasteiger partial charge in [-0.15, -0.1) is 0 Å². The molecule has 262 valence electrons. The summed E-state index contributed by atoms with van der Waals surface area (Å²) in [5, 5.41) is 37.2. The van der Waals surface area contributed by atoms with Crippen LogP contribution in [0.2, 0.25) is 0 Å². The molecule has 0 fully saturated rings. The second kappa shape index (κ2) is 12.3.